The first-order valence-corrected chi connectivity index (χ1v) is 8.04. The summed E-state index contributed by atoms with van der Waals surface area (Å²) in [5.74, 6) is 1.38. The van der Waals surface area contributed by atoms with Crippen LogP contribution in [0.25, 0.3) is 0 Å². The Balaban J connectivity index is 1.90. The topological polar surface area (TPSA) is 72.5 Å². The van der Waals surface area contributed by atoms with Crippen LogP contribution in [-0.4, -0.2) is 54.1 Å². The van der Waals surface area contributed by atoms with Crippen LogP contribution in [0.3, 0.4) is 0 Å². The van der Waals surface area contributed by atoms with Gasteiger partial charge in [-0.1, -0.05) is 0 Å². The summed E-state index contributed by atoms with van der Waals surface area (Å²) in [6, 6.07) is 1.96. The molecular formula is C17H24N4O3. The van der Waals surface area contributed by atoms with Crippen LogP contribution in [0.1, 0.15) is 28.7 Å². The van der Waals surface area contributed by atoms with Gasteiger partial charge < -0.3 is 14.2 Å². The highest BCUT2D eigenvalue weighted by atomic mass is 16.5. The third-order valence-corrected chi connectivity index (χ3v) is 4.48. The van der Waals surface area contributed by atoms with Crippen molar-refractivity contribution in [2.75, 3.05) is 34.0 Å². The van der Waals surface area contributed by atoms with Gasteiger partial charge in [-0.3, -0.25) is 15.0 Å². The predicted molar refractivity (Wildman–Crippen MR) is 89.4 cm³/mol. The number of morpholine rings is 1. The minimum Gasteiger partial charge on any atom is -0.493 e. The Morgan fingerprint density at radius 1 is 1.33 bits per heavy atom. The molecule has 1 aliphatic rings. The van der Waals surface area contributed by atoms with Gasteiger partial charge in [-0.15, -0.1) is 0 Å². The van der Waals surface area contributed by atoms with Crippen LogP contribution in [0.2, 0.25) is 0 Å². The molecule has 0 aliphatic carbocycles. The average Bonchev–Trinajstić information content (AvgIpc) is 2.93. The molecule has 0 amide bonds. The van der Waals surface area contributed by atoms with Gasteiger partial charge in [-0.2, -0.15) is 5.10 Å². The van der Waals surface area contributed by atoms with Gasteiger partial charge in [0.2, 0.25) is 0 Å². The van der Waals surface area contributed by atoms with Crippen LogP contribution in [-0.2, 0) is 11.3 Å². The van der Waals surface area contributed by atoms with E-state index in [1.807, 2.05) is 19.9 Å². The minimum atomic E-state index is 0.148. The van der Waals surface area contributed by atoms with Gasteiger partial charge in [-0.25, -0.2) is 0 Å². The van der Waals surface area contributed by atoms with E-state index in [4.69, 9.17) is 14.2 Å². The van der Waals surface area contributed by atoms with Crippen LogP contribution in [0.5, 0.6) is 11.5 Å². The van der Waals surface area contributed by atoms with E-state index in [-0.39, 0.29) is 6.04 Å². The Morgan fingerprint density at radius 3 is 2.83 bits per heavy atom. The molecule has 1 N–H and O–H groups in total. The Hall–Kier alpha value is -2.12. The van der Waals surface area contributed by atoms with Gasteiger partial charge in [0.1, 0.15) is 5.69 Å². The number of methoxy groups -OCH3 is 2. The second-order valence-corrected chi connectivity index (χ2v) is 5.90. The van der Waals surface area contributed by atoms with Crippen molar-refractivity contribution in [2.24, 2.45) is 0 Å². The Morgan fingerprint density at radius 2 is 2.17 bits per heavy atom. The van der Waals surface area contributed by atoms with Crippen molar-refractivity contribution < 1.29 is 14.2 Å². The lowest BCUT2D eigenvalue weighted by Crippen LogP contribution is -2.39. The second-order valence-electron chi connectivity index (χ2n) is 5.90. The quantitative estimate of drug-likeness (QED) is 0.903. The number of rotatable bonds is 5. The molecule has 1 atom stereocenters. The molecular weight excluding hydrogens is 308 g/mol. The van der Waals surface area contributed by atoms with E-state index in [1.165, 1.54) is 5.56 Å². The van der Waals surface area contributed by atoms with E-state index in [9.17, 15) is 0 Å². The number of nitrogens with zero attached hydrogens (tertiary/aromatic N) is 3. The molecule has 1 aliphatic heterocycles. The molecule has 3 heterocycles. The number of nitrogens with one attached hydrogen (secondary N) is 1. The maximum absolute atomic E-state index is 5.73. The fraction of sp³-hybridized carbons (Fsp3) is 0.529. The van der Waals surface area contributed by atoms with E-state index in [1.54, 1.807) is 20.4 Å². The molecule has 2 aromatic rings. The van der Waals surface area contributed by atoms with Crippen molar-refractivity contribution in [1.29, 1.82) is 0 Å². The first-order valence-electron chi connectivity index (χ1n) is 8.04. The van der Waals surface area contributed by atoms with Crippen molar-refractivity contribution in [2.45, 2.75) is 26.4 Å². The van der Waals surface area contributed by atoms with E-state index < -0.39 is 0 Å². The fourth-order valence-electron chi connectivity index (χ4n) is 3.30. The molecule has 0 spiro atoms. The van der Waals surface area contributed by atoms with Gasteiger partial charge in [0, 0.05) is 36.6 Å². The summed E-state index contributed by atoms with van der Waals surface area (Å²) < 4.78 is 16.6. The molecule has 7 nitrogen and oxygen atoms in total. The predicted octanol–water partition coefficient (Wildman–Crippen LogP) is 2.01. The van der Waals surface area contributed by atoms with Crippen LogP contribution >= 0.6 is 0 Å². The number of pyridine rings is 1. The molecule has 0 aromatic carbocycles. The Labute approximate surface area is 141 Å². The standard InChI is InChI=1S/C17H24N4O3/c1-11-16(12(2)20-19-11)14-10-24-8-7-21(14)9-13-17(23-4)15(22-3)5-6-18-13/h5-6,14H,7-10H2,1-4H3,(H,19,20)/t14-/m0/s1. The monoisotopic (exact) mass is 332 g/mol. The number of ether oxygens (including phenoxy) is 3. The summed E-state index contributed by atoms with van der Waals surface area (Å²) in [4.78, 5) is 6.86. The molecule has 0 saturated carbocycles. The van der Waals surface area contributed by atoms with Gasteiger partial charge in [0.15, 0.2) is 11.5 Å². The van der Waals surface area contributed by atoms with E-state index >= 15 is 0 Å². The molecule has 130 valence electrons. The molecule has 0 bridgehead atoms. The van der Waals surface area contributed by atoms with E-state index in [0.717, 1.165) is 23.6 Å². The molecule has 2 aromatic heterocycles. The van der Waals surface area contributed by atoms with Gasteiger partial charge in [-0.05, 0) is 13.8 Å². The van der Waals surface area contributed by atoms with Gasteiger partial charge in [0.25, 0.3) is 0 Å². The fourth-order valence-corrected chi connectivity index (χ4v) is 3.30. The first kappa shape index (κ1) is 16.7. The molecule has 24 heavy (non-hydrogen) atoms. The minimum absolute atomic E-state index is 0.148. The molecule has 0 unspecified atom stereocenters. The summed E-state index contributed by atoms with van der Waals surface area (Å²) >= 11 is 0. The molecule has 7 heteroatoms. The number of aromatic nitrogens is 3. The molecule has 3 rings (SSSR count). The maximum atomic E-state index is 5.73. The highest BCUT2D eigenvalue weighted by molar-refractivity contribution is 5.42. The van der Waals surface area contributed by atoms with Crippen LogP contribution < -0.4 is 9.47 Å². The summed E-state index contributed by atoms with van der Waals surface area (Å²) in [6.07, 6.45) is 1.75. The number of H-pyrrole nitrogens is 1. The molecule has 1 saturated heterocycles. The lowest BCUT2D eigenvalue weighted by atomic mass is 10.0. The zero-order chi connectivity index (χ0) is 17.1. The Bertz CT molecular complexity index is 682. The molecule has 0 radical (unpaired) electrons. The SMILES string of the molecule is COc1ccnc(CN2CCOC[C@H]2c2c(C)n[nH]c2C)c1OC. The van der Waals surface area contributed by atoms with E-state index in [0.29, 0.717) is 31.3 Å². The number of hydrogen-bond acceptors (Lipinski definition) is 6. The largest absolute Gasteiger partial charge is 0.493 e. The summed E-state index contributed by atoms with van der Waals surface area (Å²) in [6.45, 7) is 6.92. The summed E-state index contributed by atoms with van der Waals surface area (Å²) in [5.41, 5.74) is 4.16. The van der Waals surface area contributed by atoms with Crippen molar-refractivity contribution in [3.8, 4) is 11.5 Å². The van der Waals surface area contributed by atoms with Crippen LogP contribution in [0.15, 0.2) is 12.3 Å². The van der Waals surface area contributed by atoms with Gasteiger partial charge in [0.05, 0.1) is 39.2 Å². The zero-order valence-corrected chi connectivity index (χ0v) is 14.6. The smallest absolute Gasteiger partial charge is 0.183 e. The lowest BCUT2D eigenvalue weighted by Gasteiger charge is -2.36. The van der Waals surface area contributed by atoms with Crippen molar-refractivity contribution >= 4 is 0 Å². The van der Waals surface area contributed by atoms with Gasteiger partial charge >= 0.3 is 0 Å². The van der Waals surface area contributed by atoms with Crippen molar-refractivity contribution in [3.63, 3.8) is 0 Å². The first-order chi connectivity index (χ1) is 11.7. The number of aromatic amines is 1. The van der Waals surface area contributed by atoms with Crippen molar-refractivity contribution in [3.05, 3.63) is 34.9 Å². The maximum Gasteiger partial charge on any atom is 0.183 e. The van der Waals surface area contributed by atoms with Crippen molar-refractivity contribution in [1.82, 2.24) is 20.1 Å². The summed E-state index contributed by atoms with van der Waals surface area (Å²) in [7, 11) is 3.28. The third-order valence-electron chi connectivity index (χ3n) is 4.48. The summed E-state index contributed by atoms with van der Waals surface area (Å²) in [5, 5.41) is 7.39. The second kappa shape index (κ2) is 7.19. The van der Waals surface area contributed by atoms with E-state index in [2.05, 4.69) is 20.1 Å². The molecule has 1 fully saturated rings. The van der Waals surface area contributed by atoms with Crippen LogP contribution in [0, 0.1) is 13.8 Å². The highest BCUT2D eigenvalue weighted by Crippen LogP contribution is 2.34. The third kappa shape index (κ3) is 3.09. The Kier molecular flexibility index (Phi) is 5.01. The highest BCUT2D eigenvalue weighted by Gasteiger charge is 2.29. The average molecular weight is 332 g/mol. The zero-order valence-electron chi connectivity index (χ0n) is 14.6. The lowest BCUT2D eigenvalue weighted by molar-refractivity contribution is -0.0140. The van der Waals surface area contributed by atoms with Crippen LogP contribution in [0.4, 0.5) is 0 Å². The normalized spacial score (nSPS) is 18.6. The number of aryl methyl sites for hydroxylation is 2. The number of hydrogen-bond donors (Lipinski definition) is 1.